The van der Waals surface area contributed by atoms with Crippen LogP contribution in [0.2, 0.25) is 0 Å². The molecule has 120 valence electrons. The topological polar surface area (TPSA) is 101 Å². The summed E-state index contributed by atoms with van der Waals surface area (Å²) < 4.78 is 26.4. The summed E-state index contributed by atoms with van der Waals surface area (Å²) in [5.74, 6) is -0.353. The van der Waals surface area contributed by atoms with Crippen LogP contribution < -0.4 is 15.8 Å². The highest BCUT2D eigenvalue weighted by molar-refractivity contribution is 7.90. The van der Waals surface area contributed by atoms with Crippen molar-refractivity contribution in [2.75, 3.05) is 19.6 Å². The number of hydrogen-bond donors (Lipinski definition) is 3. The third-order valence-corrected chi connectivity index (χ3v) is 5.61. The summed E-state index contributed by atoms with van der Waals surface area (Å²) in [6, 6.07) is 0. The monoisotopic (exact) mass is 307 g/mol. The van der Waals surface area contributed by atoms with Gasteiger partial charge in [-0.1, -0.05) is 33.1 Å². The average Bonchev–Trinajstić information content (AvgIpc) is 2.40. The van der Waals surface area contributed by atoms with Gasteiger partial charge in [0.05, 0.1) is 11.3 Å². The Hall–Kier alpha value is -0.660. The van der Waals surface area contributed by atoms with Gasteiger partial charge in [-0.2, -0.15) is 0 Å². The summed E-state index contributed by atoms with van der Waals surface area (Å²) in [5.41, 5.74) is 5.27. The van der Waals surface area contributed by atoms with Crippen molar-refractivity contribution in [3.05, 3.63) is 0 Å². The lowest BCUT2D eigenvalue weighted by molar-refractivity contribution is -0.119. The van der Waals surface area contributed by atoms with Gasteiger partial charge in [-0.05, 0) is 19.8 Å². The fourth-order valence-corrected chi connectivity index (χ4v) is 3.64. The van der Waals surface area contributed by atoms with E-state index >= 15 is 0 Å². The molecule has 1 atom stereocenters. The highest BCUT2D eigenvalue weighted by Gasteiger charge is 2.37. The molecule has 0 bridgehead atoms. The predicted octanol–water partition coefficient (Wildman–Crippen LogP) is 0.730. The maximum Gasteiger partial charge on any atom is 0.235 e. The molecular formula is C13H29N3O3S. The number of rotatable bonds is 11. The minimum absolute atomic E-state index is 0.228. The number of nitrogens with two attached hydrogens (primary N) is 1. The predicted molar refractivity (Wildman–Crippen MR) is 81.8 cm³/mol. The molecule has 6 nitrogen and oxygen atoms in total. The van der Waals surface area contributed by atoms with E-state index in [0.717, 1.165) is 19.3 Å². The molecular weight excluding hydrogens is 278 g/mol. The Kier molecular flexibility index (Phi) is 9.00. The number of carbonyl (C=O) groups is 1. The molecule has 0 fully saturated rings. The van der Waals surface area contributed by atoms with E-state index in [0.29, 0.717) is 25.9 Å². The molecule has 0 saturated heterocycles. The minimum Gasteiger partial charge on any atom is -0.354 e. The molecule has 7 heteroatoms. The van der Waals surface area contributed by atoms with E-state index in [4.69, 9.17) is 5.73 Å². The first-order chi connectivity index (χ1) is 9.33. The van der Waals surface area contributed by atoms with E-state index in [1.54, 1.807) is 6.92 Å². The fraction of sp³-hybridized carbons (Fsp3) is 0.923. The van der Waals surface area contributed by atoms with Crippen LogP contribution >= 0.6 is 0 Å². The molecule has 0 radical (unpaired) electrons. The van der Waals surface area contributed by atoms with Crippen LogP contribution in [0.15, 0.2) is 0 Å². The van der Waals surface area contributed by atoms with Gasteiger partial charge < -0.3 is 11.1 Å². The Morgan fingerprint density at radius 1 is 1.20 bits per heavy atom. The second kappa shape index (κ2) is 9.31. The van der Waals surface area contributed by atoms with Crippen LogP contribution in [0.5, 0.6) is 0 Å². The van der Waals surface area contributed by atoms with Crippen molar-refractivity contribution in [1.29, 1.82) is 0 Å². The average molecular weight is 307 g/mol. The summed E-state index contributed by atoms with van der Waals surface area (Å²) in [4.78, 5) is 11.5. The molecule has 0 rings (SSSR count). The zero-order chi connectivity index (χ0) is 15.6. The first-order valence-corrected chi connectivity index (χ1v) is 8.77. The molecule has 0 heterocycles. The van der Waals surface area contributed by atoms with E-state index in [9.17, 15) is 13.2 Å². The van der Waals surface area contributed by atoms with Crippen LogP contribution in [0.1, 0.15) is 52.9 Å². The normalized spacial score (nSPS) is 14.8. The molecule has 0 aliphatic heterocycles. The third kappa shape index (κ3) is 6.19. The second-order valence-electron chi connectivity index (χ2n) is 5.27. The highest BCUT2D eigenvalue weighted by Crippen LogP contribution is 2.28. The van der Waals surface area contributed by atoms with E-state index in [1.165, 1.54) is 0 Å². The lowest BCUT2D eigenvalue weighted by atomic mass is 9.98. The zero-order valence-electron chi connectivity index (χ0n) is 12.9. The number of carbonyl (C=O) groups excluding carboxylic acids is 1. The maximum atomic E-state index is 12.4. The smallest absolute Gasteiger partial charge is 0.235 e. The lowest BCUT2D eigenvalue weighted by Gasteiger charge is -2.29. The number of sulfonamides is 1. The molecule has 0 aliphatic carbocycles. The van der Waals surface area contributed by atoms with Gasteiger partial charge in [0, 0.05) is 13.1 Å². The van der Waals surface area contributed by atoms with Crippen LogP contribution in [0, 0.1) is 0 Å². The number of amides is 1. The fourth-order valence-electron chi connectivity index (χ4n) is 2.08. The molecule has 4 N–H and O–H groups in total. The standard InChI is InChI=1S/C13H29N3O3S/c1-4-6-8-13(3,7-5-2)20(18,19)16-11-12(17)15-10-9-14/h16H,4-11,14H2,1-3H3,(H,15,17). The van der Waals surface area contributed by atoms with Crippen molar-refractivity contribution in [2.24, 2.45) is 5.73 Å². The van der Waals surface area contributed by atoms with Gasteiger partial charge in [0.1, 0.15) is 0 Å². The number of unbranched alkanes of at least 4 members (excludes halogenated alkanes) is 1. The van der Waals surface area contributed by atoms with Crippen molar-refractivity contribution in [3.63, 3.8) is 0 Å². The molecule has 0 aromatic rings. The first-order valence-electron chi connectivity index (χ1n) is 7.29. The van der Waals surface area contributed by atoms with Crippen LogP contribution in [0.25, 0.3) is 0 Å². The summed E-state index contributed by atoms with van der Waals surface area (Å²) in [5, 5.41) is 2.54. The van der Waals surface area contributed by atoms with Gasteiger partial charge >= 0.3 is 0 Å². The van der Waals surface area contributed by atoms with Gasteiger partial charge in [-0.15, -0.1) is 0 Å². The Morgan fingerprint density at radius 2 is 1.85 bits per heavy atom. The Bertz CT molecular complexity index is 384. The van der Waals surface area contributed by atoms with Crippen LogP contribution in [-0.4, -0.2) is 38.7 Å². The van der Waals surface area contributed by atoms with Crippen molar-refractivity contribution in [3.8, 4) is 0 Å². The molecule has 1 unspecified atom stereocenters. The highest BCUT2D eigenvalue weighted by atomic mass is 32.2. The second-order valence-corrected chi connectivity index (χ2v) is 7.55. The summed E-state index contributed by atoms with van der Waals surface area (Å²) in [7, 11) is -3.52. The van der Waals surface area contributed by atoms with E-state index in [2.05, 4.69) is 10.0 Å². The quantitative estimate of drug-likeness (QED) is 0.524. The van der Waals surface area contributed by atoms with E-state index in [-0.39, 0.29) is 12.5 Å². The molecule has 20 heavy (non-hydrogen) atoms. The lowest BCUT2D eigenvalue weighted by Crippen LogP contribution is -2.47. The molecule has 0 aromatic heterocycles. The van der Waals surface area contributed by atoms with Crippen LogP contribution in [0.3, 0.4) is 0 Å². The Labute approximate surface area is 122 Å². The molecule has 1 amide bonds. The van der Waals surface area contributed by atoms with Crippen LogP contribution in [0.4, 0.5) is 0 Å². The molecule has 0 saturated carbocycles. The van der Waals surface area contributed by atoms with Gasteiger partial charge in [-0.3, -0.25) is 4.79 Å². The maximum absolute atomic E-state index is 12.4. The molecule has 0 aliphatic rings. The zero-order valence-corrected chi connectivity index (χ0v) is 13.7. The van der Waals surface area contributed by atoms with Gasteiger partial charge in [-0.25, -0.2) is 13.1 Å². The minimum atomic E-state index is -3.52. The van der Waals surface area contributed by atoms with Gasteiger partial charge in [0.2, 0.25) is 15.9 Å². The van der Waals surface area contributed by atoms with Crippen molar-refractivity contribution in [2.45, 2.75) is 57.6 Å². The van der Waals surface area contributed by atoms with Crippen LogP contribution in [-0.2, 0) is 14.8 Å². The molecule has 0 aromatic carbocycles. The van der Waals surface area contributed by atoms with Crippen molar-refractivity contribution in [1.82, 2.24) is 10.0 Å². The summed E-state index contributed by atoms with van der Waals surface area (Å²) in [6.45, 7) is 6.21. The summed E-state index contributed by atoms with van der Waals surface area (Å²) in [6.07, 6.45) is 3.80. The Balaban J connectivity index is 4.66. The van der Waals surface area contributed by atoms with E-state index in [1.807, 2.05) is 13.8 Å². The van der Waals surface area contributed by atoms with Gasteiger partial charge in [0.25, 0.3) is 0 Å². The van der Waals surface area contributed by atoms with E-state index < -0.39 is 14.8 Å². The summed E-state index contributed by atoms with van der Waals surface area (Å²) >= 11 is 0. The largest absolute Gasteiger partial charge is 0.354 e. The third-order valence-electron chi connectivity index (χ3n) is 3.38. The number of nitrogens with one attached hydrogen (secondary N) is 2. The van der Waals surface area contributed by atoms with Crippen molar-refractivity contribution >= 4 is 15.9 Å². The first kappa shape index (κ1) is 19.3. The number of hydrogen-bond acceptors (Lipinski definition) is 4. The van der Waals surface area contributed by atoms with Gasteiger partial charge in [0.15, 0.2) is 0 Å². The SMILES string of the molecule is CCCCC(C)(CCC)S(=O)(=O)NCC(=O)NCCN. The van der Waals surface area contributed by atoms with Crippen molar-refractivity contribution < 1.29 is 13.2 Å². The molecule has 0 spiro atoms. The Morgan fingerprint density at radius 3 is 2.35 bits per heavy atom.